The second-order valence-corrected chi connectivity index (χ2v) is 4.86. The number of morpholine rings is 1. The standard InChI is InChI=1S/C12H25N3O2/c1-10(2)15-6-7-17-11(9-15)8-14-5-3-4-12(13)16/h10-11,14H,3-9H2,1-2H3,(H2,13,16). The highest BCUT2D eigenvalue weighted by Gasteiger charge is 2.21. The van der Waals surface area contributed by atoms with Gasteiger partial charge in [-0.05, 0) is 26.8 Å². The van der Waals surface area contributed by atoms with Gasteiger partial charge < -0.3 is 15.8 Å². The molecule has 17 heavy (non-hydrogen) atoms. The van der Waals surface area contributed by atoms with E-state index in [9.17, 15) is 4.79 Å². The molecule has 0 aromatic rings. The van der Waals surface area contributed by atoms with Crippen LogP contribution in [0.5, 0.6) is 0 Å². The number of primary amides is 1. The van der Waals surface area contributed by atoms with Crippen LogP contribution in [0.25, 0.3) is 0 Å². The molecule has 3 N–H and O–H groups in total. The van der Waals surface area contributed by atoms with Gasteiger partial charge in [-0.15, -0.1) is 0 Å². The van der Waals surface area contributed by atoms with Crippen molar-refractivity contribution in [3.8, 4) is 0 Å². The van der Waals surface area contributed by atoms with E-state index in [1.165, 1.54) is 0 Å². The predicted octanol–water partition coefficient (Wildman–Crippen LogP) is -0.0493. The summed E-state index contributed by atoms with van der Waals surface area (Å²) in [6, 6.07) is 0.580. The maximum absolute atomic E-state index is 10.5. The van der Waals surface area contributed by atoms with E-state index in [4.69, 9.17) is 10.5 Å². The van der Waals surface area contributed by atoms with Crippen molar-refractivity contribution in [2.45, 2.75) is 38.8 Å². The summed E-state index contributed by atoms with van der Waals surface area (Å²) in [5.41, 5.74) is 5.07. The summed E-state index contributed by atoms with van der Waals surface area (Å²) in [6.45, 7) is 8.92. The minimum atomic E-state index is -0.230. The Morgan fingerprint density at radius 2 is 2.35 bits per heavy atom. The summed E-state index contributed by atoms with van der Waals surface area (Å²) in [5, 5.41) is 3.31. The SMILES string of the molecule is CC(C)N1CCOC(CNCCCC(N)=O)C1. The Labute approximate surface area is 104 Å². The Balaban J connectivity index is 2.08. The number of nitrogens with zero attached hydrogens (tertiary/aromatic N) is 1. The van der Waals surface area contributed by atoms with E-state index < -0.39 is 0 Å². The highest BCUT2D eigenvalue weighted by atomic mass is 16.5. The summed E-state index contributed by atoms with van der Waals surface area (Å²) in [7, 11) is 0. The molecule has 0 aromatic heterocycles. The fourth-order valence-corrected chi connectivity index (χ4v) is 1.99. The van der Waals surface area contributed by atoms with Crippen molar-refractivity contribution < 1.29 is 9.53 Å². The van der Waals surface area contributed by atoms with Gasteiger partial charge in [-0.25, -0.2) is 0 Å². The third-order valence-electron chi connectivity index (χ3n) is 3.05. The first-order chi connectivity index (χ1) is 8.09. The summed E-state index contributed by atoms with van der Waals surface area (Å²) in [5.74, 6) is -0.230. The van der Waals surface area contributed by atoms with Gasteiger partial charge in [0.25, 0.3) is 0 Å². The van der Waals surface area contributed by atoms with Crippen LogP contribution in [0.4, 0.5) is 0 Å². The maximum atomic E-state index is 10.5. The average Bonchev–Trinajstić information content (AvgIpc) is 2.28. The molecule has 1 unspecified atom stereocenters. The van der Waals surface area contributed by atoms with Gasteiger partial charge in [-0.2, -0.15) is 0 Å². The monoisotopic (exact) mass is 243 g/mol. The highest BCUT2D eigenvalue weighted by Crippen LogP contribution is 2.07. The number of nitrogens with one attached hydrogen (secondary N) is 1. The Bertz CT molecular complexity index is 234. The van der Waals surface area contributed by atoms with Crippen LogP contribution in [0.3, 0.4) is 0 Å². The number of nitrogens with two attached hydrogens (primary N) is 1. The second-order valence-electron chi connectivity index (χ2n) is 4.86. The summed E-state index contributed by atoms with van der Waals surface area (Å²) >= 11 is 0. The molecule has 100 valence electrons. The lowest BCUT2D eigenvalue weighted by Gasteiger charge is -2.35. The molecular weight excluding hydrogens is 218 g/mol. The molecule has 5 heteroatoms. The maximum Gasteiger partial charge on any atom is 0.217 e. The minimum Gasteiger partial charge on any atom is -0.374 e. The molecule has 1 fully saturated rings. The molecule has 1 saturated heterocycles. The van der Waals surface area contributed by atoms with E-state index in [0.717, 1.165) is 39.2 Å². The van der Waals surface area contributed by atoms with Gasteiger partial charge in [-0.3, -0.25) is 9.69 Å². The van der Waals surface area contributed by atoms with Crippen LogP contribution >= 0.6 is 0 Å². The van der Waals surface area contributed by atoms with Gasteiger partial charge in [0.2, 0.25) is 5.91 Å². The Kier molecular flexibility index (Phi) is 6.47. The zero-order valence-corrected chi connectivity index (χ0v) is 10.9. The minimum absolute atomic E-state index is 0.230. The number of amides is 1. The second kappa shape index (κ2) is 7.63. The lowest BCUT2D eigenvalue weighted by Crippen LogP contribution is -2.49. The summed E-state index contributed by atoms with van der Waals surface area (Å²) in [4.78, 5) is 13.0. The predicted molar refractivity (Wildman–Crippen MR) is 67.7 cm³/mol. The molecule has 1 aliphatic heterocycles. The number of hydrogen-bond acceptors (Lipinski definition) is 4. The van der Waals surface area contributed by atoms with E-state index in [1.54, 1.807) is 0 Å². The number of rotatable bonds is 7. The highest BCUT2D eigenvalue weighted by molar-refractivity contribution is 5.73. The van der Waals surface area contributed by atoms with Crippen molar-refractivity contribution in [1.82, 2.24) is 10.2 Å². The first kappa shape index (κ1) is 14.4. The molecule has 0 spiro atoms. The quantitative estimate of drug-likeness (QED) is 0.615. The number of hydrogen-bond donors (Lipinski definition) is 2. The summed E-state index contributed by atoms with van der Waals surface area (Å²) < 4.78 is 5.69. The Morgan fingerprint density at radius 3 is 3.00 bits per heavy atom. The van der Waals surface area contributed by atoms with Gasteiger partial charge >= 0.3 is 0 Å². The zero-order valence-electron chi connectivity index (χ0n) is 10.9. The topological polar surface area (TPSA) is 67.6 Å². The molecule has 0 saturated carbocycles. The third kappa shape index (κ3) is 6.00. The van der Waals surface area contributed by atoms with Crippen LogP contribution in [0.2, 0.25) is 0 Å². The van der Waals surface area contributed by atoms with Crippen molar-refractivity contribution in [1.29, 1.82) is 0 Å². The van der Waals surface area contributed by atoms with Crippen molar-refractivity contribution in [2.75, 3.05) is 32.8 Å². The first-order valence-corrected chi connectivity index (χ1v) is 6.44. The van der Waals surface area contributed by atoms with Gasteiger partial charge in [-0.1, -0.05) is 0 Å². The van der Waals surface area contributed by atoms with Crippen molar-refractivity contribution in [3.05, 3.63) is 0 Å². The number of ether oxygens (including phenoxy) is 1. The molecule has 0 bridgehead atoms. The normalized spacial score (nSPS) is 21.9. The van der Waals surface area contributed by atoms with Crippen LogP contribution in [-0.2, 0) is 9.53 Å². The average molecular weight is 243 g/mol. The van der Waals surface area contributed by atoms with Crippen molar-refractivity contribution >= 4 is 5.91 Å². The smallest absolute Gasteiger partial charge is 0.217 e. The van der Waals surface area contributed by atoms with E-state index >= 15 is 0 Å². The molecule has 1 amide bonds. The lowest BCUT2D eigenvalue weighted by atomic mass is 10.2. The molecule has 1 heterocycles. The fourth-order valence-electron chi connectivity index (χ4n) is 1.99. The lowest BCUT2D eigenvalue weighted by molar-refractivity contribution is -0.118. The van der Waals surface area contributed by atoms with E-state index in [2.05, 4.69) is 24.1 Å². The molecule has 0 radical (unpaired) electrons. The van der Waals surface area contributed by atoms with E-state index in [1.807, 2.05) is 0 Å². The number of carbonyl (C=O) groups excluding carboxylic acids is 1. The van der Waals surface area contributed by atoms with Crippen molar-refractivity contribution in [3.63, 3.8) is 0 Å². The molecule has 0 aromatic carbocycles. The Hall–Kier alpha value is -0.650. The zero-order chi connectivity index (χ0) is 12.7. The van der Waals surface area contributed by atoms with Gasteiger partial charge in [0.1, 0.15) is 0 Å². The van der Waals surface area contributed by atoms with Gasteiger partial charge in [0.15, 0.2) is 0 Å². The van der Waals surface area contributed by atoms with E-state index in [-0.39, 0.29) is 12.0 Å². The van der Waals surface area contributed by atoms with Crippen LogP contribution in [-0.4, -0.2) is 55.7 Å². The Morgan fingerprint density at radius 1 is 1.59 bits per heavy atom. The van der Waals surface area contributed by atoms with Crippen LogP contribution < -0.4 is 11.1 Å². The molecule has 0 aliphatic carbocycles. The van der Waals surface area contributed by atoms with Crippen LogP contribution in [0, 0.1) is 0 Å². The van der Waals surface area contributed by atoms with Gasteiger partial charge in [0.05, 0.1) is 12.7 Å². The molecule has 1 rings (SSSR count). The molecule has 5 nitrogen and oxygen atoms in total. The fraction of sp³-hybridized carbons (Fsp3) is 0.917. The van der Waals surface area contributed by atoms with Gasteiger partial charge in [0, 0.05) is 32.1 Å². The molecule has 1 aliphatic rings. The van der Waals surface area contributed by atoms with Crippen molar-refractivity contribution in [2.24, 2.45) is 5.73 Å². The summed E-state index contributed by atoms with van der Waals surface area (Å²) in [6.07, 6.45) is 1.52. The third-order valence-corrected chi connectivity index (χ3v) is 3.05. The molecular formula is C12H25N3O2. The molecule has 1 atom stereocenters. The number of carbonyl (C=O) groups is 1. The largest absolute Gasteiger partial charge is 0.374 e. The first-order valence-electron chi connectivity index (χ1n) is 6.44. The van der Waals surface area contributed by atoms with E-state index in [0.29, 0.717) is 12.5 Å². The van der Waals surface area contributed by atoms with Crippen LogP contribution in [0.1, 0.15) is 26.7 Å². The van der Waals surface area contributed by atoms with Crippen LogP contribution in [0.15, 0.2) is 0 Å².